The van der Waals surface area contributed by atoms with Gasteiger partial charge in [-0.2, -0.15) is 0 Å². The first kappa shape index (κ1) is 15.0. The second kappa shape index (κ2) is 4.90. The molecule has 0 N–H and O–H groups in total. The van der Waals surface area contributed by atoms with Crippen LogP contribution in [0.25, 0.3) is 0 Å². The molecule has 1 nitrogen and oxygen atoms in total. The van der Waals surface area contributed by atoms with Crippen molar-refractivity contribution < 1.29 is 8.82 Å². The van der Waals surface area contributed by atoms with E-state index in [0.717, 1.165) is 0 Å². The smallest absolute Gasteiger partial charge is 0.250 e. The summed E-state index contributed by atoms with van der Waals surface area (Å²) >= 11 is 9.06. The molecular formula is C12H17BrClFOSi. The van der Waals surface area contributed by atoms with E-state index in [1.165, 1.54) is 6.07 Å². The molecule has 0 fully saturated rings. The van der Waals surface area contributed by atoms with E-state index in [0.29, 0.717) is 9.50 Å². The Morgan fingerprint density at radius 1 is 1.29 bits per heavy atom. The van der Waals surface area contributed by atoms with Crippen LogP contribution >= 0.6 is 27.5 Å². The van der Waals surface area contributed by atoms with E-state index in [1.54, 1.807) is 6.07 Å². The van der Waals surface area contributed by atoms with Crippen molar-refractivity contribution in [1.82, 2.24) is 0 Å². The predicted octanol–water partition coefficient (Wildman–Crippen LogP) is 5.63. The summed E-state index contributed by atoms with van der Waals surface area (Å²) in [6.07, 6.45) is 0. The quantitative estimate of drug-likeness (QED) is 0.635. The van der Waals surface area contributed by atoms with Gasteiger partial charge in [-0.15, -0.1) is 0 Å². The van der Waals surface area contributed by atoms with Gasteiger partial charge in [0.25, 0.3) is 8.32 Å². The van der Waals surface area contributed by atoms with Gasteiger partial charge in [0.15, 0.2) is 11.6 Å². The summed E-state index contributed by atoms with van der Waals surface area (Å²) in [5.41, 5.74) is 0. The number of benzene rings is 1. The summed E-state index contributed by atoms with van der Waals surface area (Å²) in [5, 5.41) is 0.385. The lowest BCUT2D eigenvalue weighted by Gasteiger charge is -2.36. The van der Waals surface area contributed by atoms with E-state index in [-0.39, 0.29) is 10.8 Å². The Bertz CT molecular complexity index is 406. The second-order valence-electron chi connectivity index (χ2n) is 5.56. The Balaban J connectivity index is 3.13. The predicted molar refractivity (Wildman–Crippen MR) is 76.9 cm³/mol. The number of halogens is 3. The van der Waals surface area contributed by atoms with Gasteiger partial charge in [-0.25, -0.2) is 4.39 Å². The molecule has 1 aromatic carbocycles. The van der Waals surface area contributed by atoms with Gasteiger partial charge in [0.1, 0.15) is 0 Å². The van der Waals surface area contributed by atoms with Crippen LogP contribution in [0.3, 0.4) is 0 Å². The average molecular weight is 340 g/mol. The molecule has 0 atom stereocenters. The van der Waals surface area contributed by atoms with Crippen molar-refractivity contribution in [3.63, 3.8) is 0 Å². The van der Waals surface area contributed by atoms with Crippen LogP contribution in [-0.4, -0.2) is 8.32 Å². The molecule has 0 saturated carbocycles. The zero-order chi connectivity index (χ0) is 13.4. The standard InChI is InChI=1S/C12H17BrClFOSi/c1-12(2,3)17(4,5)16-11-9(13)6-8(14)7-10(11)15/h6-7H,1-5H3. The molecule has 0 aliphatic heterocycles. The van der Waals surface area contributed by atoms with Crippen LogP contribution in [-0.2, 0) is 0 Å². The molecule has 96 valence electrons. The van der Waals surface area contributed by atoms with Crippen LogP contribution in [0, 0.1) is 5.82 Å². The van der Waals surface area contributed by atoms with Gasteiger partial charge in [0.05, 0.1) is 4.47 Å². The van der Waals surface area contributed by atoms with Crippen molar-refractivity contribution in [3.8, 4) is 5.75 Å². The maximum atomic E-state index is 13.8. The summed E-state index contributed by atoms with van der Waals surface area (Å²) in [6, 6.07) is 2.92. The third-order valence-electron chi connectivity index (χ3n) is 3.13. The molecular weight excluding hydrogens is 323 g/mol. The number of hydrogen-bond donors (Lipinski definition) is 0. The molecule has 0 saturated heterocycles. The molecule has 0 aliphatic rings. The molecule has 0 aliphatic carbocycles. The Morgan fingerprint density at radius 2 is 1.82 bits per heavy atom. The van der Waals surface area contributed by atoms with Gasteiger partial charge >= 0.3 is 0 Å². The molecule has 5 heteroatoms. The third kappa shape index (κ3) is 3.45. The number of hydrogen-bond acceptors (Lipinski definition) is 1. The monoisotopic (exact) mass is 338 g/mol. The first-order chi connectivity index (χ1) is 7.54. The topological polar surface area (TPSA) is 9.23 Å². The lowest BCUT2D eigenvalue weighted by Crippen LogP contribution is -2.44. The third-order valence-corrected chi connectivity index (χ3v) is 8.26. The van der Waals surface area contributed by atoms with Gasteiger partial charge in [-0.1, -0.05) is 32.4 Å². The van der Waals surface area contributed by atoms with Gasteiger partial charge in [-0.3, -0.25) is 0 Å². The highest BCUT2D eigenvalue weighted by Gasteiger charge is 2.39. The maximum absolute atomic E-state index is 13.8. The second-order valence-corrected chi connectivity index (χ2v) is 11.6. The zero-order valence-corrected chi connectivity index (χ0v) is 14.0. The molecule has 1 aromatic rings. The highest BCUT2D eigenvalue weighted by atomic mass is 79.9. The van der Waals surface area contributed by atoms with Crippen LogP contribution in [0.1, 0.15) is 20.8 Å². The lowest BCUT2D eigenvalue weighted by atomic mass is 10.2. The summed E-state index contributed by atoms with van der Waals surface area (Å²) in [6.45, 7) is 10.5. The van der Waals surface area contributed by atoms with Crippen molar-refractivity contribution in [2.24, 2.45) is 0 Å². The van der Waals surface area contributed by atoms with Crippen LogP contribution < -0.4 is 4.43 Å². The van der Waals surface area contributed by atoms with Gasteiger partial charge < -0.3 is 4.43 Å². The van der Waals surface area contributed by atoms with Crippen molar-refractivity contribution in [2.75, 3.05) is 0 Å². The summed E-state index contributed by atoms with van der Waals surface area (Å²) in [4.78, 5) is 0. The molecule has 17 heavy (non-hydrogen) atoms. The van der Waals surface area contributed by atoms with Crippen molar-refractivity contribution >= 4 is 35.8 Å². The first-order valence-electron chi connectivity index (χ1n) is 5.38. The SMILES string of the molecule is CC(C)(C)[Si](C)(C)Oc1c(F)cc(Cl)cc1Br. The first-order valence-corrected chi connectivity index (χ1v) is 9.46. The zero-order valence-electron chi connectivity index (χ0n) is 10.7. The molecule has 1 rings (SSSR count). The Hall–Kier alpha value is -0.0631. The minimum atomic E-state index is -2.04. The molecule has 0 bridgehead atoms. The minimum absolute atomic E-state index is 0.0263. The maximum Gasteiger partial charge on any atom is 0.250 e. The van der Waals surface area contributed by atoms with E-state index >= 15 is 0 Å². The van der Waals surface area contributed by atoms with E-state index in [4.69, 9.17) is 16.0 Å². The summed E-state index contributed by atoms with van der Waals surface area (Å²) in [5.74, 6) is -0.157. The highest BCUT2D eigenvalue weighted by Crippen LogP contribution is 2.40. The van der Waals surface area contributed by atoms with Crippen molar-refractivity contribution in [1.29, 1.82) is 0 Å². The fraction of sp³-hybridized carbons (Fsp3) is 0.500. The van der Waals surface area contributed by atoms with E-state index in [9.17, 15) is 4.39 Å². The molecule has 0 aromatic heterocycles. The fourth-order valence-corrected chi connectivity index (χ4v) is 3.06. The number of rotatable bonds is 2. The van der Waals surface area contributed by atoms with E-state index in [2.05, 4.69) is 49.8 Å². The van der Waals surface area contributed by atoms with Gasteiger partial charge in [0, 0.05) is 5.02 Å². The normalized spacial score (nSPS) is 12.7. The molecule has 0 amide bonds. The van der Waals surface area contributed by atoms with Crippen molar-refractivity contribution in [3.05, 3.63) is 27.4 Å². The molecule has 0 heterocycles. The Morgan fingerprint density at radius 3 is 2.24 bits per heavy atom. The Kier molecular flexibility index (Phi) is 4.32. The lowest BCUT2D eigenvalue weighted by molar-refractivity contribution is 0.454. The van der Waals surface area contributed by atoms with Crippen LogP contribution in [0.2, 0.25) is 23.2 Å². The molecule has 0 radical (unpaired) electrons. The molecule has 0 spiro atoms. The highest BCUT2D eigenvalue weighted by molar-refractivity contribution is 9.10. The summed E-state index contributed by atoms with van der Waals surface area (Å²) < 4.78 is 20.3. The van der Waals surface area contributed by atoms with E-state index in [1.807, 2.05) is 0 Å². The fourth-order valence-electron chi connectivity index (χ4n) is 1.03. The minimum Gasteiger partial charge on any atom is -0.541 e. The van der Waals surface area contributed by atoms with Gasteiger partial charge in [-0.05, 0) is 46.2 Å². The van der Waals surface area contributed by atoms with Crippen molar-refractivity contribution in [2.45, 2.75) is 38.9 Å². The average Bonchev–Trinajstić information content (AvgIpc) is 2.09. The van der Waals surface area contributed by atoms with Gasteiger partial charge in [0.2, 0.25) is 0 Å². The largest absolute Gasteiger partial charge is 0.541 e. The van der Waals surface area contributed by atoms with E-state index < -0.39 is 14.1 Å². The molecule has 0 unspecified atom stereocenters. The van der Waals surface area contributed by atoms with Crippen LogP contribution in [0.15, 0.2) is 16.6 Å². The van der Waals surface area contributed by atoms with Crippen LogP contribution in [0.5, 0.6) is 5.75 Å². The van der Waals surface area contributed by atoms with Crippen LogP contribution in [0.4, 0.5) is 4.39 Å². The summed E-state index contributed by atoms with van der Waals surface area (Å²) in [7, 11) is -2.04. The Labute approximate surface area is 117 Å².